The molecule has 0 spiro atoms. The molecular weight excluding hydrogens is 258 g/mol. The van der Waals surface area contributed by atoms with E-state index in [-0.39, 0.29) is 5.54 Å². The number of aryl methyl sites for hydroxylation is 1. The lowest BCUT2D eigenvalue weighted by Gasteiger charge is -2.42. The van der Waals surface area contributed by atoms with E-state index in [2.05, 4.69) is 32.9 Å². The molecule has 0 unspecified atom stereocenters. The first-order chi connectivity index (χ1) is 9.82. The molecule has 2 N–H and O–H groups in total. The third kappa shape index (κ3) is 4.47. The van der Waals surface area contributed by atoms with Crippen molar-refractivity contribution in [1.29, 1.82) is 0 Å². The van der Waals surface area contributed by atoms with E-state index in [1.54, 1.807) is 7.11 Å². The second-order valence-corrected chi connectivity index (χ2v) is 7.85. The molecule has 0 aromatic heterocycles. The van der Waals surface area contributed by atoms with Crippen LogP contribution in [0.4, 0.5) is 0 Å². The summed E-state index contributed by atoms with van der Waals surface area (Å²) in [5.41, 5.74) is 8.47. The summed E-state index contributed by atoms with van der Waals surface area (Å²) < 4.78 is 5.20. The highest BCUT2D eigenvalue weighted by Crippen LogP contribution is 2.41. The van der Waals surface area contributed by atoms with Gasteiger partial charge in [-0.2, -0.15) is 0 Å². The average Bonchev–Trinajstić information content (AvgIpc) is 2.45. The molecular formula is C19H31NO. The van der Waals surface area contributed by atoms with Crippen LogP contribution in [0.3, 0.4) is 0 Å². The van der Waals surface area contributed by atoms with Crippen LogP contribution in [0.1, 0.15) is 58.4 Å². The van der Waals surface area contributed by atoms with Gasteiger partial charge in [-0.05, 0) is 67.6 Å². The Hall–Kier alpha value is -1.02. The smallest absolute Gasteiger partial charge is 0.118 e. The molecule has 0 heterocycles. The molecule has 0 radical (unpaired) electrons. The fourth-order valence-corrected chi connectivity index (χ4v) is 3.49. The summed E-state index contributed by atoms with van der Waals surface area (Å²) in [6.45, 7) is 7.08. The van der Waals surface area contributed by atoms with E-state index >= 15 is 0 Å². The molecule has 0 bridgehead atoms. The SMILES string of the molecule is COc1ccc(CCC2(N)CCC(C(C)(C)C)CC2)cc1. The van der Waals surface area contributed by atoms with Gasteiger partial charge in [0.1, 0.15) is 5.75 Å². The molecule has 2 nitrogen and oxygen atoms in total. The standard InChI is InChI=1S/C19H31NO/c1-18(2,3)16-10-13-19(20,14-11-16)12-9-15-5-7-17(21-4)8-6-15/h5-8,16H,9-14,20H2,1-4H3. The van der Waals surface area contributed by atoms with Gasteiger partial charge in [-0.25, -0.2) is 0 Å². The lowest BCUT2D eigenvalue weighted by molar-refractivity contribution is 0.130. The Bertz CT molecular complexity index is 436. The van der Waals surface area contributed by atoms with E-state index in [1.165, 1.54) is 31.2 Å². The number of nitrogens with two attached hydrogens (primary N) is 1. The Kier molecular flexibility index (Phi) is 4.98. The highest BCUT2D eigenvalue weighted by Gasteiger charge is 2.35. The lowest BCUT2D eigenvalue weighted by Crippen LogP contribution is -2.45. The van der Waals surface area contributed by atoms with E-state index in [1.807, 2.05) is 12.1 Å². The van der Waals surface area contributed by atoms with Crippen LogP contribution < -0.4 is 10.5 Å². The van der Waals surface area contributed by atoms with Crippen LogP contribution in [-0.2, 0) is 6.42 Å². The third-order valence-electron chi connectivity index (χ3n) is 5.28. The van der Waals surface area contributed by atoms with Gasteiger partial charge in [0.25, 0.3) is 0 Å². The van der Waals surface area contributed by atoms with Gasteiger partial charge in [0, 0.05) is 5.54 Å². The number of ether oxygens (including phenoxy) is 1. The van der Waals surface area contributed by atoms with E-state index in [9.17, 15) is 0 Å². The highest BCUT2D eigenvalue weighted by molar-refractivity contribution is 5.27. The molecule has 21 heavy (non-hydrogen) atoms. The first-order valence-electron chi connectivity index (χ1n) is 8.24. The van der Waals surface area contributed by atoms with Crippen molar-refractivity contribution < 1.29 is 4.74 Å². The Morgan fingerprint density at radius 3 is 2.19 bits per heavy atom. The van der Waals surface area contributed by atoms with Crippen molar-refractivity contribution in [3.05, 3.63) is 29.8 Å². The van der Waals surface area contributed by atoms with E-state index in [4.69, 9.17) is 10.5 Å². The number of hydrogen-bond donors (Lipinski definition) is 1. The number of hydrogen-bond acceptors (Lipinski definition) is 2. The fourth-order valence-electron chi connectivity index (χ4n) is 3.49. The van der Waals surface area contributed by atoms with Crippen molar-refractivity contribution in [2.75, 3.05) is 7.11 Å². The van der Waals surface area contributed by atoms with Crippen molar-refractivity contribution in [1.82, 2.24) is 0 Å². The summed E-state index contributed by atoms with van der Waals surface area (Å²) in [6.07, 6.45) is 7.07. The summed E-state index contributed by atoms with van der Waals surface area (Å²) in [5, 5.41) is 0. The normalized spacial score (nSPS) is 26.6. The minimum atomic E-state index is 0.0433. The molecule has 0 amide bonds. The summed E-state index contributed by atoms with van der Waals surface area (Å²) >= 11 is 0. The van der Waals surface area contributed by atoms with Gasteiger partial charge in [0.05, 0.1) is 7.11 Å². The predicted octanol–water partition coefficient (Wildman–Crippen LogP) is 4.56. The largest absolute Gasteiger partial charge is 0.497 e. The van der Waals surface area contributed by atoms with Crippen LogP contribution in [0.2, 0.25) is 0 Å². The maximum Gasteiger partial charge on any atom is 0.118 e. The van der Waals surface area contributed by atoms with E-state index in [0.717, 1.165) is 24.5 Å². The van der Waals surface area contributed by atoms with E-state index in [0.29, 0.717) is 5.41 Å². The van der Waals surface area contributed by atoms with Crippen molar-refractivity contribution in [3.63, 3.8) is 0 Å². The molecule has 1 saturated carbocycles. The van der Waals surface area contributed by atoms with Gasteiger partial charge < -0.3 is 10.5 Å². The zero-order chi connectivity index (χ0) is 15.5. The molecule has 1 aliphatic carbocycles. The van der Waals surface area contributed by atoms with Crippen LogP contribution in [-0.4, -0.2) is 12.6 Å². The molecule has 1 aromatic carbocycles. The number of methoxy groups -OCH3 is 1. The van der Waals surface area contributed by atoms with E-state index < -0.39 is 0 Å². The molecule has 118 valence electrons. The minimum absolute atomic E-state index is 0.0433. The van der Waals surface area contributed by atoms with Crippen molar-refractivity contribution in [2.24, 2.45) is 17.1 Å². The predicted molar refractivity (Wildman–Crippen MR) is 89.6 cm³/mol. The summed E-state index contributed by atoms with van der Waals surface area (Å²) in [5.74, 6) is 1.75. The molecule has 2 heteroatoms. The maximum absolute atomic E-state index is 6.64. The Morgan fingerprint density at radius 2 is 1.71 bits per heavy atom. The lowest BCUT2D eigenvalue weighted by atomic mass is 9.66. The Morgan fingerprint density at radius 1 is 1.14 bits per heavy atom. The first kappa shape index (κ1) is 16.4. The molecule has 2 rings (SSSR count). The van der Waals surface area contributed by atoms with Crippen LogP contribution >= 0.6 is 0 Å². The monoisotopic (exact) mass is 289 g/mol. The zero-order valence-corrected chi connectivity index (χ0v) is 14.1. The Balaban J connectivity index is 1.85. The number of benzene rings is 1. The van der Waals surface area contributed by atoms with Crippen molar-refractivity contribution in [2.45, 2.75) is 64.8 Å². The van der Waals surface area contributed by atoms with Crippen LogP contribution in [0, 0.1) is 11.3 Å². The first-order valence-corrected chi connectivity index (χ1v) is 8.24. The second-order valence-electron chi connectivity index (χ2n) is 7.85. The average molecular weight is 289 g/mol. The van der Waals surface area contributed by atoms with Crippen molar-refractivity contribution >= 4 is 0 Å². The second kappa shape index (κ2) is 6.39. The Labute approximate surface area is 130 Å². The summed E-state index contributed by atoms with van der Waals surface area (Å²) in [4.78, 5) is 0. The van der Waals surface area contributed by atoms with Crippen LogP contribution in [0.15, 0.2) is 24.3 Å². The molecule has 1 aliphatic rings. The quantitative estimate of drug-likeness (QED) is 0.881. The van der Waals surface area contributed by atoms with Gasteiger partial charge in [0.2, 0.25) is 0 Å². The topological polar surface area (TPSA) is 35.2 Å². The highest BCUT2D eigenvalue weighted by atomic mass is 16.5. The molecule has 0 aliphatic heterocycles. The molecule has 1 fully saturated rings. The molecule has 1 aromatic rings. The van der Waals surface area contributed by atoms with Crippen LogP contribution in [0.5, 0.6) is 5.75 Å². The molecule has 0 saturated heterocycles. The van der Waals surface area contributed by atoms with Crippen molar-refractivity contribution in [3.8, 4) is 5.75 Å². The summed E-state index contributed by atoms with van der Waals surface area (Å²) in [7, 11) is 1.71. The van der Waals surface area contributed by atoms with Gasteiger partial charge in [-0.15, -0.1) is 0 Å². The van der Waals surface area contributed by atoms with Gasteiger partial charge in [-0.3, -0.25) is 0 Å². The summed E-state index contributed by atoms with van der Waals surface area (Å²) in [6, 6.07) is 8.38. The fraction of sp³-hybridized carbons (Fsp3) is 0.684. The van der Waals surface area contributed by atoms with Gasteiger partial charge >= 0.3 is 0 Å². The molecule has 0 atom stereocenters. The maximum atomic E-state index is 6.64. The third-order valence-corrected chi connectivity index (χ3v) is 5.28. The van der Waals surface area contributed by atoms with Crippen LogP contribution in [0.25, 0.3) is 0 Å². The van der Waals surface area contributed by atoms with Gasteiger partial charge in [-0.1, -0.05) is 32.9 Å². The number of rotatable bonds is 4. The zero-order valence-electron chi connectivity index (χ0n) is 14.1. The minimum Gasteiger partial charge on any atom is -0.497 e. The van der Waals surface area contributed by atoms with Gasteiger partial charge in [0.15, 0.2) is 0 Å².